The number of piperidine rings is 1. The number of rotatable bonds is 1. The third kappa shape index (κ3) is 1.96. The van der Waals surface area contributed by atoms with Crippen molar-refractivity contribution in [3.8, 4) is 11.3 Å². The first-order valence-electron chi connectivity index (χ1n) is 8.17. The Morgan fingerprint density at radius 2 is 2.04 bits per heavy atom. The van der Waals surface area contributed by atoms with E-state index in [1.54, 1.807) is 6.20 Å². The number of H-pyrrole nitrogens is 1. The van der Waals surface area contributed by atoms with Crippen molar-refractivity contribution in [1.29, 1.82) is 0 Å². The normalized spacial score (nSPS) is 19.5. The van der Waals surface area contributed by atoms with Gasteiger partial charge in [-0.2, -0.15) is 5.10 Å². The predicted molar refractivity (Wildman–Crippen MR) is 90.7 cm³/mol. The zero-order valence-electron chi connectivity index (χ0n) is 12.8. The molecule has 0 aliphatic carbocycles. The molecule has 6 heteroatoms. The molecular formula is C17H18ClN5. The smallest absolute Gasteiger partial charge is 0.138 e. The van der Waals surface area contributed by atoms with Crippen molar-refractivity contribution in [1.82, 2.24) is 25.1 Å². The molecule has 5 rings (SSSR count). The number of nitrogens with one attached hydrogen (secondary N) is 2. The number of nitrogens with zero attached hydrogens (tertiary/aromatic N) is 3. The van der Waals surface area contributed by atoms with Gasteiger partial charge in [0.1, 0.15) is 5.65 Å². The zero-order chi connectivity index (χ0) is 15.4. The lowest BCUT2D eigenvalue weighted by atomic mass is 9.75. The largest absolute Gasteiger partial charge is 0.345 e. The molecule has 2 N–H and O–H groups in total. The number of pyridine rings is 1. The molecule has 118 valence electrons. The van der Waals surface area contributed by atoms with Gasteiger partial charge in [0.15, 0.2) is 0 Å². The monoisotopic (exact) mass is 327 g/mol. The van der Waals surface area contributed by atoms with Crippen LogP contribution >= 0.6 is 11.6 Å². The maximum Gasteiger partial charge on any atom is 0.138 e. The average Bonchev–Trinajstić information content (AvgIpc) is 3.25. The number of aromatic nitrogens is 4. The minimum Gasteiger partial charge on any atom is -0.345 e. The summed E-state index contributed by atoms with van der Waals surface area (Å²) in [7, 11) is 0. The highest BCUT2D eigenvalue weighted by Gasteiger charge is 2.41. The van der Waals surface area contributed by atoms with Crippen LogP contribution in [0.4, 0.5) is 0 Å². The Hall–Kier alpha value is -1.85. The second-order valence-corrected chi connectivity index (χ2v) is 7.08. The van der Waals surface area contributed by atoms with E-state index in [-0.39, 0.29) is 0 Å². The summed E-state index contributed by atoms with van der Waals surface area (Å²) in [5.41, 5.74) is 4.57. The van der Waals surface area contributed by atoms with E-state index in [0.29, 0.717) is 10.4 Å². The summed E-state index contributed by atoms with van der Waals surface area (Å²) < 4.78 is 2.20. The van der Waals surface area contributed by atoms with Gasteiger partial charge in [0.05, 0.1) is 10.7 Å². The Bertz CT molecular complexity index is 888. The highest BCUT2D eigenvalue weighted by Crippen LogP contribution is 2.43. The fourth-order valence-corrected chi connectivity index (χ4v) is 4.32. The molecule has 1 fully saturated rings. The fourth-order valence-electron chi connectivity index (χ4n) is 4.13. The Labute approximate surface area is 139 Å². The molecule has 0 radical (unpaired) electrons. The third-order valence-corrected chi connectivity index (χ3v) is 5.78. The maximum atomic E-state index is 6.22. The van der Waals surface area contributed by atoms with Gasteiger partial charge >= 0.3 is 0 Å². The first kappa shape index (κ1) is 13.6. The second kappa shape index (κ2) is 4.82. The van der Waals surface area contributed by atoms with Crippen LogP contribution in [-0.4, -0.2) is 32.8 Å². The molecule has 3 aromatic heterocycles. The van der Waals surface area contributed by atoms with Crippen LogP contribution < -0.4 is 5.32 Å². The molecule has 0 aromatic carbocycles. The van der Waals surface area contributed by atoms with Gasteiger partial charge in [0.2, 0.25) is 0 Å². The number of halogens is 1. The molecule has 5 heterocycles. The molecule has 5 nitrogen and oxygen atoms in total. The first-order chi connectivity index (χ1) is 11.3. The van der Waals surface area contributed by atoms with E-state index in [1.807, 2.05) is 6.20 Å². The third-order valence-electron chi connectivity index (χ3n) is 5.46. The van der Waals surface area contributed by atoms with Gasteiger partial charge in [0.25, 0.3) is 0 Å². The molecule has 2 aliphatic heterocycles. The molecule has 23 heavy (non-hydrogen) atoms. The van der Waals surface area contributed by atoms with Crippen LogP contribution in [0.15, 0.2) is 24.5 Å². The summed E-state index contributed by atoms with van der Waals surface area (Å²) in [4.78, 5) is 7.54. The zero-order valence-corrected chi connectivity index (χ0v) is 13.5. The summed E-state index contributed by atoms with van der Waals surface area (Å²) in [6.07, 6.45) is 7.29. The van der Waals surface area contributed by atoms with Crippen LogP contribution in [0.2, 0.25) is 5.02 Å². The van der Waals surface area contributed by atoms with Crippen LogP contribution in [0.5, 0.6) is 0 Å². The topological polar surface area (TPSA) is 58.5 Å². The highest BCUT2D eigenvalue weighted by molar-refractivity contribution is 6.35. The van der Waals surface area contributed by atoms with E-state index in [0.717, 1.165) is 41.9 Å². The van der Waals surface area contributed by atoms with Crippen molar-refractivity contribution in [2.45, 2.75) is 31.2 Å². The molecule has 1 spiro atoms. The minimum absolute atomic E-state index is 0.319. The molecule has 0 saturated carbocycles. The van der Waals surface area contributed by atoms with E-state index < -0.39 is 0 Å². The molecule has 0 amide bonds. The average molecular weight is 328 g/mol. The van der Waals surface area contributed by atoms with E-state index >= 15 is 0 Å². The van der Waals surface area contributed by atoms with Crippen molar-refractivity contribution in [2.75, 3.05) is 13.1 Å². The molecule has 3 aromatic rings. The van der Waals surface area contributed by atoms with Gasteiger partial charge in [-0.1, -0.05) is 11.6 Å². The first-order valence-corrected chi connectivity index (χ1v) is 8.55. The number of hydrogen-bond acceptors (Lipinski definition) is 3. The predicted octanol–water partition coefficient (Wildman–Crippen LogP) is 3.10. The summed E-state index contributed by atoms with van der Waals surface area (Å²) in [6.45, 7) is 3.23. The summed E-state index contributed by atoms with van der Waals surface area (Å²) in [6, 6.07) is 4.34. The number of hydrogen-bond donors (Lipinski definition) is 2. The van der Waals surface area contributed by atoms with Crippen LogP contribution in [0.25, 0.3) is 22.3 Å². The van der Waals surface area contributed by atoms with Crippen molar-refractivity contribution < 1.29 is 0 Å². The second-order valence-electron chi connectivity index (χ2n) is 6.68. The molecule has 0 unspecified atom stereocenters. The standard InChI is InChI=1S/C17H18ClN5/c18-13-10-21-16-12(13)7-11(9-20-16)14-8-15-17(1-4-19-5-2-17)3-6-23(15)22-14/h7-10,19H,1-6H2,(H,20,21). The lowest BCUT2D eigenvalue weighted by molar-refractivity contribution is 0.307. The van der Waals surface area contributed by atoms with Gasteiger partial charge in [0, 0.05) is 41.0 Å². The number of aromatic amines is 1. The summed E-state index contributed by atoms with van der Waals surface area (Å²) >= 11 is 6.22. The van der Waals surface area contributed by atoms with Crippen molar-refractivity contribution in [2.24, 2.45) is 0 Å². The summed E-state index contributed by atoms with van der Waals surface area (Å²) in [5, 5.41) is 9.96. The van der Waals surface area contributed by atoms with E-state index in [4.69, 9.17) is 16.7 Å². The van der Waals surface area contributed by atoms with Crippen LogP contribution in [0.1, 0.15) is 25.0 Å². The quantitative estimate of drug-likeness (QED) is 0.722. The Kier molecular flexibility index (Phi) is 2.85. The maximum absolute atomic E-state index is 6.22. The van der Waals surface area contributed by atoms with Gasteiger partial charge in [-0.15, -0.1) is 0 Å². The van der Waals surface area contributed by atoms with Gasteiger partial charge < -0.3 is 10.3 Å². The molecular weight excluding hydrogens is 310 g/mol. The van der Waals surface area contributed by atoms with Crippen molar-refractivity contribution in [3.63, 3.8) is 0 Å². The highest BCUT2D eigenvalue weighted by atomic mass is 35.5. The van der Waals surface area contributed by atoms with Crippen LogP contribution in [0, 0.1) is 0 Å². The molecule has 0 bridgehead atoms. The van der Waals surface area contributed by atoms with E-state index in [9.17, 15) is 0 Å². The van der Waals surface area contributed by atoms with Gasteiger partial charge in [-0.25, -0.2) is 4.98 Å². The van der Waals surface area contributed by atoms with Crippen molar-refractivity contribution in [3.05, 3.63) is 35.2 Å². The molecule has 1 saturated heterocycles. The van der Waals surface area contributed by atoms with E-state index in [1.165, 1.54) is 25.0 Å². The Balaban J connectivity index is 1.59. The fraction of sp³-hybridized carbons (Fsp3) is 0.412. The van der Waals surface area contributed by atoms with Gasteiger partial charge in [-0.3, -0.25) is 4.68 Å². The lowest BCUT2D eigenvalue weighted by Crippen LogP contribution is -2.38. The van der Waals surface area contributed by atoms with Crippen LogP contribution in [0.3, 0.4) is 0 Å². The molecule has 2 aliphatic rings. The van der Waals surface area contributed by atoms with E-state index in [2.05, 4.69) is 32.1 Å². The number of fused-ring (bicyclic) bond motifs is 3. The Morgan fingerprint density at radius 3 is 2.91 bits per heavy atom. The van der Waals surface area contributed by atoms with Gasteiger partial charge in [-0.05, 0) is 44.5 Å². The lowest BCUT2D eigenvalue weighted by Gasteiger charge is -2.33. The number of aryl methyl sites for hydroxylation is 1. The minimum atomic E-state index is 0.319. The van der Waals surface area contributed by atoms with Crippen LogP contribution in [-0.2, 0) is 12.0 Å². The molecule has 0 atom stereocenters. The van der Waals surface area contributed by atoms with Crippen molar-refractivity contribution >= 4 is 22.6 Å². The SMILES string of the molecule is Clc1c[nH]c2ncc(-c3cc4n(n3)CCC43CCNCC3)cc12. The Morgan fingerprint density at radius 1 is 1.17 bits per heavy atom. The summed E-state index contributed by atoms with van der Waals surface area (Å²) in [5.74, 6) is 0.